The number of H-pyrrole nitrogens is 1. The Labute approximate surface area is 261 Å². The van der Waals surface area contributed by atoms with E-state index in [1.54, 1.807) is 0 Å². The molecule has 242 valence electrons. The van der Waals surface area contributed by atoms with Gasteiger partial charge in [-0.2, -0.15) is 0 Å². The zero-order valence-corrected chi connectivity index (χ0v) is 26.1. The van der Waals surface area contributed by atoms with Gasteiger partial charge in [-0.3, -0.25) is 22.9 Å². The number of nitrogen functional groups attached to an aromatic ring is 1. The number of aromatic amines is 1. The van der Waals surface area contributed by atoms with Crippen LogP contribution in [-0.2, 0) is 44.9 Å². The molecule has 9 atom stereocenters. The second-order valence-corrected chi connectivity index (χ2v) is 16.3. The number of fused-ring (bicyclic) bond motifs is 5. The van der Waals surface area contributed by atoms with Crippen LogP contribution in [0.3, 0.4) is 0 Å². The number of anilines is 1. The minimum Gasteiger partial charge on any atom is -0.385 e. The van der Waals surface area contributed by atoms with Crippen molar-refractivity contribution in [3.05, 3.63) is 41.3 Å². The molecular weight excluding hydrogens is 684 g/mol. The van der Waals surface area contributed by atoms with Gasteiger partial charge in [0.05, 0.1) is 38.5 Å². The molecule has 0 spiro atoms. The third-order valence-electron chi connectivity index (χ3n) is 8.09. The van der Waals surface area contributed by atoms with Crippen LogP contribution < -0.4 is 11.3 Å². The average molecular weight is 709 g/mol. The van der Waals surface area contributed by atoms with Crippen molar-refractivity contribution in [3.63, 3.8) is 0 Å². The number of imidazole rings is 1. The van der Waals surface area contributed by atoms with E-state index in [1.807, 2.05) is 0 Å². The van der Waals surface area contributed by atoms with E-state index in [4.69, 9.17) is 40.4 Å². The number of halogens is 2. The van der Waals surface area contributed by atoms with Crippen molar-refractivity contribution in [3.8, 4) is 0 Å². The number of rotatable bonds is 2. The molecule has 4 aromatic heterocycles. The Bertz CT molecular complexity index is 1970. The first-order valence-electron chi connectivity index (χ1n) is 13.3. The molecule has 0 amide bonds. The zero-order chi connectivity index (χ0) is 31.9. The summed E-state index contributed by atoms with van der Waals surface area (Å²) < 4.78 is 75.2. The molecule has 4 unspecified atom stereocenters. The lowest BCUT2D eigenvalue weighted by Crippen LogP contribution is -2.48. The van der Waals surface area contributed by atoms with Crippen LogP contribution in [0.15, 0.2) is 30.0 Å². The molecule has 1 aliphatic carbocycles. The number of hydrogen-bond donors (Lipinski definition) is 5. The van der Waals surface area contributed by atoms with E-state index < -0.39 is 92.3 Å². The number of nitrogens with one attached hydrogen (secondary N) is 1. The van der Waals surface area contributed by atoms with Crippen LogP contribution in [0.25, 0.3) is 22.2 Å². The number of alkyl halides is 1. The summed E-state index contributed by atoms with van der Waals surface area (Å²) in [5.74, 6) is -1.84. The third kappa shape index (κ3) is 5.23. The quantitative estimate of drug-likeness (QED) is 0.146. The molecule has 7 rings (SSSR count). The molecule has 17 nitrogen and oxygen atoms in total. The Balaban J connectivity index is 1.26. The molecule has 3 fully saturated rings. The van der Waals surface area contributed by atoms with Gasteiger partial charge < -0.3 is 34.5 Å². The smallest absolute Gasteiger partial charge is 0.385 e. The summed E-state index contributed by atoms with van der Waals surface area (Å²) >= 11 is 9.33. The maximum Gasteiger partial charge on any atom is 0.386 e. The Morgan fingerprint density at radius 1 is 1.22 bits per heavy atom. The second-order valence-electron chi connectivity index (χ2n) is 10.7. The van der Waals surface area contributed by atoms with Crippen LogP contribution in [0.5, 0.6) is 0 Å². The SMILES string of the molecule is Nc1ncnc2c1ncn2[C@@H]1CC2COP(O)(=S)O[C@@]3(n4cc(F)c5c(=O)[nH]cnc54)COC(COP(=O)(S)O[C@H]2[C@H]1F)[C@H]3O. The minimum atomic E-state index is -4.40. The van der Waals surface area contributed by atoms with E-state index in [1.165, 1.54) is 17.2 Å². The molecule has 0 radical (unpaired) electrons. The first kappa shape index (κ1) is 31.2. The van der Waals surface area contributed by atoms with Crippen LogP contribution in [0.4, 0.5) is 14.6 Å². The lowest BCUT2D eigenvalue weighted by atomic mass is 10.1. The Morgan fingerprint density at radius 2 is 2.02 bits per heavy atom. The molecule has 45 heavy (non-hydrogen) atoms. The van der Waals surface area contributed by atoms with Gasteiger partial charge in [-0.1, -0.05) is 12.2 Å². The standard InChI is InChI=1S/C22H24F2N8O9P2S2/c23-10-2-32(19-13(10)21(34)29-7-27-19)22-5-37-12(17(22)33)4-39-42(35,44)40-16-9(3-38-43(36,45)41-22)1-11(14(16)24)31-8-30-15-18(25)26-6-28-20(15)31/h2,6-9,11-12,14,16-17,33H,1,3-5H2,(H,35,44)(H,36,45)(H2,25,26,28)(H,27,29,34)/t9?,11-,12?,14+,16-,17-,22+,42?,43?/m1/s1. The van der Waals surface area contributed by atoms with Gasteiger partial charge in [0.15, 0.2) is 22.9 Å². The van der Waals surface area contributed by atoms with Gasteiger partial charge in [0.2, 0.25) is 5.72 Å². The molecule has 2 saturated heterocycles. The summed E-state index contributed by atoms with van der Waals surface area (Å²) in [4.78, 5) is 42.1. The molecule has 4 aromatic rings. The Kier molecular flexibility index (Phi) is 7.69. The number of hydrogen-bond acceptors (Lipinski definition) is 14. The van der Waals surface area contributed by atoms with E-state index in [2.05, 4.69) is 37.2 Å². The van der Waals surface area contributed by atoms with Crippen molar-refractivity contribution >= 4 is 65.6 Å². The van der Waals surface area contributed by atoms with Crippen molar-refractivity contribution in [2.75, 3.05) is 25.6 Å². The van der Waals surface area contributed by atoms with Crippen molar-refractivity contribution in [1.29, 1.82) is 0 Å². The summed E-state index contributed by atoms with van der Waals surface area (Å²) in [7, 11) is 0. The van der Waals surface area contributed by atoms with Crippen LogP contribution in [0.1, 0.15) is 12.5 Å². The number of nitrogens with zero attached hydrogens (tertiary/aromatic N) is 6. The monoisotopic (exact) mass is 708 g/mol. The lowest BCUT2D eigenvalue weighted by Gasteiger charge is -2.36. The number of aliphatic hydroxyl groups excluding tert-OH is 1. The van der Waals surface area contributed by atoms with E-state index >= 15 is 8.78 Å². The summed E-state index contributed by atoms with van der Waals surface area (Å²) in [5, 5.41) is 11.0. The molecule has 23 heteroatoms. The predicted molar refractivity (Wildman–Crippen MR) is 157 cm³/mol. The second kappa shape index (κ2) is 11.1. The van der Waals surface area contributed by atoms with Crippen LogP contribution in [0.2, 0.25) is 0 Å². The van der Waals surface area contributed by atoms with Crippen LogP contribution in [0, 0.1) is 11.7 Å². The van der Waals surface area contributed by atoms with Gasteiger partial charge in [-0.15, -0.1) is 0 Å². The number of ether oxygens (including phenoxy) is 1. The highest BCUT2D eigenvalue weighted by Gasteiger charge is 2.57. The van der Waals surface area contributed by atoms with E-state index in [0.29, 0.717) is 0 Å². The van der Waals surface area contributed by atoms with Gasteiger partial charge in [0.1, 0.15) is 41.7 Å². The van der Waals surface area contributed by atoms with Gasteiger partial charge >= 0.3 is 13.5 Å². The fourth-order valence-corrected chi connectivity index (χ4v) is 9.16. The van der Waals surface area contributed by atoms with E-state index in [9.17, 15) is 19.4 Å². The largest absolute Gasteiger partial charge is 0.386 e. The molecule has 0 aromatic carbocycles. The first-order valence-corrected chi connectivity index (χ1v) is 18.5. The third-order valence-corrected chi connectivity index (χ3v) is 11.3. The molecular formula is C22H24F2N8O9P2S2. The van der Waals surface area contributed by atoms with Gasteiger partial charge in [0, 0.05) is 12.1 Å². The summed E-state index contributed by atoms with van der Waals surface area (Å²) in [6, 6.07) is -0.979. The Hall–Kier alpha value is -2.42. The normalized spacial score (nSPS) is 37.7. The van der Waals surface area contributed by atoms with Crippen molar-refractivity contribution < 1.29 is 46.2 Å². The summed E-state index contributed by atoms with van der Waals surface area (Å²) in [6.45, 7) is -10.4. The molecule has 1 saturated carbocycles. The molecule has 6 heterocycles. The fourth-order valence-electron chi connectivity index (χ4n) is 5.99. The average Bonchev–Trinajstić information content (AvgIpc) is 3.72. The minimum absolute atomic E-state index is 0.00996. The van der Waals surface area contributed by atoms with Crippen molar-refractivity contribution in [1.82, 2.24) is 34.1 Å². The highest BCUT2D eigenvalue weighted by molar-refractivity contribution is 8.44. The molecule has 2 bridgehead atoms. The number of nitrogens with two attached hydrogens (primary N) is 1. The topological polar surface area (TPSA) is 224 Å². The van der Waals surface area contributed by atoms with E-state index in [-0.39, 0.29) is 29.0 Å². The molecule has 3 aliphatic rings. The summed E-state index contributed by atoms with van der Waals surface area (Å²) in [5.41, 5.74) is 3.09. The fraction of sp³-hybridized carbons (Fsp3) is 0.500. The lowest BCUT2D eigenvalue weighted by molar-refractivity contribution is -0.0973. The van der Waals surface area contributed by atoms with Gasteiger partial charge in [0.25, 0.3) is 5.56 Å². The van der Waals surface area contributed by atoms with E-state index in [0.717, 1.165) is 17.1 Å². The van der Waals surface area contributed by atoms with Gasteiger partial charge in [-0.05, 0) is 18.2 Å². The maximum atomic E-state index is 16.2. The maximum absolute atomic E-state index is 16.2. The van der Waals surface area contributed by atoms with Gasteiger partial charge in [-0.25, -0.2) is 33.3 Å². The molecule has 2 aliphatic heterocycles. The van der Waals surface area contributed by atoms with Crippen molar-refractivity contribution in [2.45, 2.75) is 42.7 Å². The summed E-state index contributed by atoms with van der Waals surface area (Å²) in [6.07, 6.45) is -2.07. The van der Waals surface area contributed by atoms with Crippen LogP contribution >= 0.6 is 25.8 Å². The first-order chi connectivity index (χ1) is 21.3. The predicted octanol–water partition coefficient (Wildman–Crippen LogP) is 1.30. The highest BCUT2D eigenvalue weighted by atomic mass is 32.7. The number of aromatic nitrogens is 7. The zero-order valence-electron chi connectivity index (χ0n) is 22.6. The molecule has 5 N–H and O–H groups in total. The van der Waals surface area contributed by atoms with Crippen LogP contribution in [-0.4, -0.2) is 88.4 Å². The van der Waals surface area contributed by atoms with Crippen molar-refractivity contribution in [2.24, 2.45) is 5.92 Å². The number of aliphatic hydroxyl groups is 1. The Morgan fingerprint density at radius 3 is 2.82 bits per heavy atom. The highest BCUT2D eigenvalue weighted by Crippen LogP contribution is 2.60. The number of thiol groups is 1.